The Labute approximate surface area is 143 Å². The minimum atomic E-state index is -0.603. The smallest absolute Gasteiger partial charge is 0.343 e. The maximum Gasteiger partial charge on any atom is 0.343 e. The van der Waals surface area contributed by atoms with E-state index in [1.54, 1.807) is 19.2 Å². The average Bonchev–Trinajstić information content (AvgIpc) is 2.57. The van der Waals surface area contributed by atoms with E-state index < -0.39 is 5.97 Å². The first-order valence-electron chi connectivity index (χ1n) is 7.72. The molecule has 0 N–H and O–H groups in total. The molecule has 0 unspecified atom stereocenters. The molecule has 1 aliphatic heterocycles. The van der Waals surface area contributed by atoms with Gasteiger partial charge in [0.15, 0.2) is 0 Å². The molecule has 1 aliphatic rings. The minimum absolute atomic E-state index is 0.0388. The van der Waals surface area contributed by atoms with E-state index in [0.29, 0.717) is 17.0 Å². The summed E-state index contributed by atoms with van der Waals surface area (Å²) in [6.07, 6.45) is 1.59. The molecule has 0 amide bonds. The predicted molar refractivity (Wildman–Crippen MR) is 93.7 cm³/mol. The molecule has 0 aliphatic carbocycles. The van der Waals surface area contributed by atoms with Crippen molar-refractivity contribution in [1.82, 2.24) is 4.57 Å². The zero-order chi connectivity index (χ0) is 16.8. The number of nitrogens with zero attached hydrogens (tertiary/aromatic N) is 1. The summed E-state index contributed by atoms with van der Waals surface area (Å²) in [5.74, 6) is -0.603. The predicted octanol–water partition coefficient (Wildman–Crippen LogP) is 3.86. The molecule has 0 spiro atoms. The Bertz CT molecular complexity index is 1050. The second-order valence-corrected chi connectivity index (χ2v) is 6.16. The van der Waals surface area contributed by atoms with Crippen LogP contribution in [0.5, 0.6) is 0 Å². The summed E-state index contributed by atoms with van der Waals surface area (Å²) < 4.78 is 6.95. The lowest BCUT2D eigenvalue weighted by molar-refractivity contribution is 0.0524. The molecule has 0 radical (unpaired) electrons. The molecule has 5 heteroatoms. The number of benzene rings is 2. The van der Waals surface area contributed by atoms with Gasteiger partial charge in [-0.05, 0) is 30.2 Å². The molecule has 0 bridgehead atoms. The molecule has 120 valence electrons. The van der Waals surface area contributed by atoms with E-state index in [4.69, 9.17) is 16.3 Å². The summed E-state index contributed by atoms with van der Waals surface area (Å²) in [6.45, 7) is 2.53. The van der Waals surface area contributed by atoms with Crippen molar-refractivity contribution in [2.45, 2.75) is 13.5 Å². The fourth-order valence-corrected chi connectivity index (χ4v) is 3.51. The number of hydrogen-bond acceptors (Lipinski definition) is 3. The van der Waals surface area contributed by atoms with Crippen LogP contribution in [0.2, 0.25) is 5.02 Å². The number of ether oxygens (including phenoxy) is 1. The van der Waals surface area contributed by atoms with Crippen molar-refractivity contribution < 1.29 is 9.53 Å². The largest absolute Gasteiger partial charge is 0.462 e. The topological polar surface area (TPSA) is 48.3 Å². The van der Waals surface area contributed by atoms with Gasteiger partial charge in [0, 0.05) is 28.7 Å². The number of carbonyl (C=O) groups excluding carboxylic acids is 1. The van der Waals surface area contributed by atoms with E-state index in [2.05, 4.69) is 0 Å². The van der Waals surface area contributed by atoms with Crippen molar-refractivity contribution in [2.75, 3.05) is 6.61 Å². The lowest BCUT2D eigenvalue weighted by Crippen LogP contribution is -2.23. The van der Waals surface area contributed by atoms with Gasteiger partial charge in [-0.2, -0.15) is 0 Å². The molecule has 24 heavy (non-hydrogen) atoms. The van der Waals surface area contributed by atoms with Gasteiger partial charge >= 0.3 is 5.97 Å². The summed E-state index contributed by atoms with van der Waals surface area (Å²) in [4.78, 5) is 24.9. The van der Waals surface area contributed by atoms with E-state index in [9.17, 15) is 9.59 Å². The Morgan fingerprint density at radius 3 is 2.83 bits per heavy atom. The van der Waals surface area contributed by atoms with Gasteiger partial charge in [-0.3, -0.25) is 4.79 Å². The summed E-state index contributed by atoms with van der Waals surface area (Å²) in [7, 11) is 0. The van der Waals surface area contributed by atoms with E-state index >= 15 is 0 Å². The first kappa shape index (κ1) is 15.0. The molecule has 0 atom stereocenters. The van der Waals surface area contributed by atoms with Crippen molar-refractivity contribution in [2.24, 2.45) is 0 Å². The van der Waals surface area contributed by atoms with Crippen LogP contribution in [0.1, 0.15) is 22.8 Å². The number of aromatic nitrogens is 1. The maximum absolute atomic E-state index is 12.8. The van der Waals surface area contributed by atoms with Gasteiger partial charge in [0.05, 0.1) is 12.1 Å². The molecular formula is C19H14ClNO3. The maximum atomic E-state index is 12.8. The summed E-state index contributed by atoms with van der Waals surface area (Å²) in [5.41, 5.74) is 3.59. The second-order valence-electron chi connectivity index (χ2n) is 5.73. The Kier molecular flexibility index (Phi) is 3.43. The second kappa shape index (κ2) is 5.49. The summed E-state index contributed by atoms with van der Waals surface area (Å²) in [6, 6.07) is 11.5. The van der Waals surface area contributed by atoms with Crippen LogP contribution in [0, 0.1) is 0 Å². The van der Waals surface area contributed by atoms with Crippen LogP contribution in [-0.2, 0) is 11.3 Å². The summed E-state index contributed by atoms with van der Waals surface area (Å²) in [5, 5.41) is 0.913. The highest BCUT2D eigenvalue weighted by Gasteiger charge is 2.23. The van der Waals surface area contributed by atoms with Crippen LogP contribution in [0.15, 0.2) is 47.4 Å². The van der Waals surface area contributed by atoms with Crippen LogP contribution in [-0.4, -0.2) is 17.1 Å². The van der Waals surface area contributed by atoms with Crippen molar-refractivity contribution in [1.29, 1.82) is 0 Å². The monoisotopic (exact) mass is 339 g/mol. The van der Waals surface area contributed by atoms with Crippen LogP contribution < -0.4 is 5.43 Å². The average molecular weight is 340 g/mol. The zero-order valence-electron chi connectivity index (χ0n) is 13.0. The van der Waals surface area contributed by atoms with Gasteiger partial charge in [0.2, 0.25) is 5.43 Å². The van der Waals surface area contributed by atoms with E-state index in [1.165, 1.54) is 0 Å². The SMILES string of the molecule is CCOC(=O)c1cn2c3c(cc(Cl)cc3c1=O)-c1ccccc1C2. The lowest BCUT2D eigenvalue weighted by Gasteiger charge is -2.23. The third-order valence-corrected chi connectivity index (χ3v) is 4.50. The zero-order valence-corrected chi connectivity index (χ0v) is 13.8. The Morgan fingerprint density at radius 2 is 2.04 bits per heavy atom. The number of hydrogen-bond donors (Lipinski definition) is 0. The third kappa shape index (κ3) is 2.14. The fraction of sp³-hybridized carbons (Fsp3) is 0.158. The molecular weight excluding hydrogens is 326 g/mol. The number of carbonyl (C=O) groups is 1. The van der Waals surface area contributed by atoms with Crippen molar-refractivity contribution in [3.63, 3.8) is 0 Å². The first-order chi connectivity index (χ1) is 11.6. The minimum Gasteiger partial charge on any atom is -0.462 e. The number of esters is 1. The number of pyridine rings is 1. The normalized spacial score (nSPS) is 12.1. The van der Waals surface area contributed by atoms with Gasteiger partial charge in [0.25, 0.3) is 0 Å². The molecule has 0 saturated carbocycles. The highest BCUT2D eigenvalue weighted by atomic mass is 35.5. The molecule has 2 heterocycles. The van der Waals surface area contributed by atoms with Gasteiger partial charge in [-0.1, -0.05) is 35.9 Å². The highest BCUT2D eigenvalue weighted by molar-refractivity contribution is 6.32. The van der Waals surface area contributed by atoms with Crippen molar-refractivity contribution >= 4 is 28.5 Å². The number of fused-ring (bicyclic) bond motifs is 2. The quantitative estimate of drug-likeness (QED) is 0.521. The van der Waals surface area contributed by atoms with E-state index in [1.807, 2.05) is 34.9 Å². The van der Waals surface area contributed by atoms with Gasteiger partial charge in [-0.15, -0.1) is 0 Å². The molecule has 3 aromatic rings. The van der Waals surface area contributed by atoms with Crippen LogP contribution in [0.25, 0.3) is 22.0 Å². The Morgan fingerprint density at radius 1 is 1.25 bits per heavy atom. The standard InChI is InChI=1S/C19H14ClNO3/c1-2-24-19(23)16-10-21-9-11-5-3-4-6-13(11)14-7-12(20)8-15(17(14)21)18(16)22/h3-8,10H,2,9H2,1H3. The van der Waals surface area contributed by atoms with Crippen LogP contribution in [0.3, 0.4) is 0 Å². The molecule has 0 saturated heterocycles. The van der Waals surface area contributed by atoms with Crippen molar-refractivity contribution in [3.05, 3.63) is 69.0 Å². The molecule has 0 fully saturated rings. The fourth-order valence-electron chi connectivity index (χ4n) is 3.29. The van der Waals surface area contributed by atoms with Crippen LogP contribution >= 0.6 is 11.6 Å². The van der Waals surface area contributed by atoms with E-state index in [-0.39, 0.29) is 17.6 Å². The first-order valence-corrected chi connectivity index (χ1v) is 8.10. The molecule has 2 aromatic carbocycles. The molecule has 1 aromatic heterocycles. The summed E-state index contributed by atoms with van der Waals surface area (Å²) >= 11 is 6.25. The molecule has 4 rings (SSSR count). The number of halogens is 1. The van der Waals surface area contributed by atoms with Gasteiger partial charge in [0.1, 0.15) is 5.56 Å². The third-order valence-electron chi connectivity index (χ3n) is 4.28. The Balaban J connectivity index is 2.11. The van der Waals surface area contributed by atoms with Crippen molar-refractivity contribution in [3.8, 4) is 11.1 Å². The molecule has 4 nitrogen and oxygen atoms in total. The Hall–Kier alpha value is -2.59. The number of rotatable bonds is 2. The highest BCUT2D eigenvalue weighted by Crippen LogP contribution is 2.37. The van der Waals surface area contributed by atoms with E-state index in [0.717, 1.165) is 22.2 Å². The van der Waals surface area contributed by atoms with Crippen LogP contribution in [0.4, 0.5) is 0 Å². The van der Waals surface area contributed by atoms with Gasteiger partial charge in [-0.25, -0.2) is 4.79 Å². The van der Waals surface area contributed by atoms with Gasteiger partial charge < -0.3 is 9.30 Å². The lowest BCUT2D eigenvalue weighted by atomic mass is 9.93.